The summed E-state index contributed by atoms with van der Waals surface area (Å²) in [7, 11) is 0. The smallest absolute Gasteiger partial charge is 0.159 e. The molecule has 0 atom stereocenters. The van der Waals surface area contributed by atoms with Crippen LogP contribution in [0.2, 0.25) is 0 Å². The molecule has 2 nitrogen and oxygen atoms in total. The van der Waals surface area contributed by atoms with Crippen molar-refractivity contribution in [3.8, 4) is 0 Å². The maximum absolute atomic E-state index is 13.2. The van der Waals surface area contributed by atoms with Crippen molar-refractivity contribution in [1.29, 1.82) is 0 Å². The lowest BCUT2D eigenvalue weighted by Gasteiger charge is -2.07. The molecule has 0 unspecified atom stereocenters. The van der Waals surface area contributed by atoms with Gasteiger partial charge in [0.25, 0.3) is 0 Å². The van der Waals surface area contributed by atoms with Gasteiger partial charge in [0.05, 0.1) is 0 Å². The Labute approximate surface area is 115 Å². The first-order chi connectivity index (χ1) is 9.69. The van der Waals surface area contributed by atoms with E-state index >= 15 is 0 Å². The van der Waals surface area contributed by atoms with Gasteiger partial charge in [-0.3, -0.25) is 0 Å². The number of nitrogens with zero attached hydrogens (tertiary/aromatic N) is 1. The Morgan fingerprint density at radius 3 is 2.60 bits per heavy atom. The molecule has 0 aliphatic rings. The predicted octanol–water partition coefficient (Wildman–Crippen LogP) is 3.43. The second kappa shape index (κ2) is 5.06. The first-order valence-corrected chi connectivity index (χ1v) is 6.40. The lowest BCUT2D eigenvalue weighted by atomic mass is 10.1. The van der Waals surface area contributed by atoms with Crippen LogP contribution in [0, 0.1) is 11.6 Å². The van der Waals surface area contributed by atoms with Gasteiger partial charge in [-0.05, 0) is 35.4 Å². The molecule has 3 aromatic rings. The van der Waals surface area contributed by atoms with E-state index < -0.39 is 11.6 Å². The van der Waals surface area contributed by atoms with Gasteiger partial charge in [-0.25, -0.2) is 8.78 Å². The van der Waals surface area contributed by atoms with Crippen LogP contribution in [0.1, 0.15) is 11.1 Å². The average molecular weight is 272 g/mol. The van der Waals surface area contributed by atoms with Crippen LogP contribution in [-0.2, 0) is 13.1 Å². The topological polar surface area (TPSA) is 30.9 Å². The van der Waals surface area contributed by atoms with Crippen molar-refractivity contribution in [2.45, 2.75) is 13.1 Å². The summed E-state index contributed by atoms with van der Waals surface area (Å²) in [5.74, 6) is -1.64. The van der Waals surface area contributed by atoms with E-state index in [1.54, 1.807) is 6.07 Å². The SMILES string of the molecule is NCc1cccc2c1ccn2Cc1ccc(F)c(F)c1. The molecule has 0 bridgehead atoms. The molecule has 0 saturated heterocycles. The summed E-state index contributed by atoms with van der Waals surface area (Å²) in [5, 5.41) is 1.09. The molecule has 0 saturated carbocycles. The minimum Gasteiger partial charge on any atom is -0.343 e. The fraction of sp³-hybridized carbons (Fsp3) is 0.125. The third kappa shape index (κ3) is 2.18. The number of halogens is 2. The van der Waals surface area contributed by atoms with Gasteiger partial charge in [-0.15, -0.1) is 0 Å². The molecule has 0 spiro atoms. The van der Waals surface area contributed by atoms with Crippen molar-refractivity contribution in [3.05, 3.63) is 71.4 Å². The maximum atomic E-state index is 13.2. The molecule has 0 amide bonds. The summed E-state index contributed by atoms with van der Waals surface area (Å²) in [6.07, 6.45) is 1.94. The number of aromatic nitrogens is 1. The molecule has 0 aliphatic heterocycles. The third-order valence-corrected chi connectivity index (χ3v) is 3.46. The fourth-order valence-corrected chi connectivity index (χ4v) is 2.44. The molecule has 1 heterocycles. The van der Waals surface area contributed by atoms with Crippen LogP contribution in [0.3, 0.4) is 0 Å². The van der Waals surface area contributed by atoms with Crippen molar-refractivity contribution in [1.82, 2.24) is 4.57 Å². The van der Waals surface area contributed by atoms with E-state index in [9.17, 15) is 8.78 Å². The third-order valence-electron chi connectivity index (χ3n) is 3.46. The van der Waals surface area contributed by atoms with Crippen molar-refractivity contribution in [2.24, 2.45) is 5.73 Å². The molecule has 0 radical (unpaired) electrons. The quantitative estimate of drug-likeness (QED) is 0.778. The van der Waals surface area contributed by atoms with Crippen LogP contribution < -0.4 is 5.73 Å². The second-order valence-electron chi connectivity index (χ2n) is 4.75. The molecular formula is C16H14F2N2. The van der Waals surface area contributed by atoms with Crippen molar-refractivity contribution in [3.63, 3.8) is 0 Å². The van der Waals surface area contributed by atoms with Crippen LogP contribution in [0.5, 0.6) is 0 Å². The molecular weight excluding hydrogens is 258 g/mol. The largest absolute Gasteiger partial charge is 0.343 e. The zero-order valence-corrected chi connectivity index (χ0v) is 10.8. The zero-order valence-electron chi connectivity index (χ0n) is 10.8. The molecule has 0 fully saturated rings. The molecule has 2 aromatic carbocycles. The van der Waals surface area contributed by atoms with Gasteiger partial charge in [0.2, 0.25) is 0 Å². The molecule has 3 rings (SSSR count). The Kier molecular flexibility index (Phi) is 3.24. The standard InChI is InChI=1S/C16H14F2N2/c17-14-5-4-11(8-15(14)18)10-20-7-6-13-12(9-19)2-1-3-16(13)20/h1-8H,9-10,19H2. The Balaban J connectivity index is 2.00. The van der Waals surface area contributed by atoms with Gasteiger partial charge in [0.15, 0.2) is 11.6 Å². The van der Waals surface area contributed by atoms with E-state index in [4.69, 9.17) is 5.73 Å². The van der Waals surface area contributed by atoms with E-state index in [0.29, 0.717) is 13.1 Å². The van der Waals surface area contributed by atoms with Gasteiger partial charge in [-0.1, -0.05) is 18.2 Å². The first-order valence-electron chi connectivity index (χ1n) is 6.40. The average Bonchev–Trinajstić information content (AvgIpc) is 2.86. The van der Waals surface area contributed by atoms with Gasteiger partial charge < -0.3 is 10.3 Å². The number of rotatable bonds is 3. The highest BCUT2D eigenvalue weighted by molar-refractivity contribution is 5.83. The second-order valence-corrected chi connectivity index (χ2v) is 4.75. The highest BCUT2D eigenvalue weighted by Gasteiger charge is 2.07. The lowest BCUT2D eigenvalue weighted by molar-refractivity contribution is 0.506. The summed E-state index contributed by atoms with van der Waals surface area (Å²) in [5.41, 5.74) is 8.55. The van der Waals surface area contributed by atoms with Crippen LogP contribution >= 0.6 is 0 Å². The monoisotopic (exact) mass is 272 g/mol. The number of hydrogen-bond acceptors (Lipinski definition) is 1. The fourth-order valence-electron chi connectivity index (χ4n) is 2.44. The van der Waals surface area contributed by atoms with E-state index in [-0.39, 0.29) is 0 Å². The van der Waals surface area contributed by atoms with E-state index in [0.717, 1.165) is 28.1 Å². The minimum absolute atomic E-state index is 0.479. The van der Waals surface area contributed by atoms with Gasteiger partial charge in [-0.2, -0.15) is 0 Å². The number of hydrogen-bond donors (Lipinski definition) is 1. The van der Waals surface area contributed by atoms with Crippen LogP contribution in [-0.4, -0.2) is 4.57 Å². The Morgan fingerprint density at radius 1 is 1.00 bits per heavy atom. The van der Waals surface area contributed by atoms with E-state index in [1.165, 1.54) is 6.07 Å². The number of fused-ring (bicyclic) bond motifs is 1. The molecule has 2 N–H and O–H groups in total. The van der Waals surface area contributed by atoms with E-state index in [1.807, 2.05) is 35.0 Å². The maximum Gasteiger partial charge on any atom is 0.159 e. The Bertz CT molecular complexity index is 762. The van der Waals surface area contributed by atoms with Crippen LogP contribution in [0.25, 0.3) is 10.9 Å². The van der Waals surface area contributed by atoms with E-state index in [2.05, 4.69) is 0 Å². The number of nitrogens with two attached hydrogens (primary N) is 1. The van der Waals surface area contributed by atoms with Gasteiger partial charge in [0, 0.05) is 30.2 Å². The minimum atomic E-state index is -0.823. The van der Waals surface area contributed by atoms with Crippen molar-refractivity contribution >= 4 is 10.9 Å². The zero-order chi connectivity index (χ0) is 14.1. The highest BCUT2D eigenvalue weighted by atomic mass is 19.2. The molecule has 1 aromatic heterocycles. The Morgan fingerprint density at radius 2 is 1.85 bits per heavy atom. The van der Waals surface area contributed by atoms with Crippen LogP contribution in [0.4, 0.5) is 8.78 Å². The molecule has 20 heavy (non-hydrogen) atoms. The van der Waals surface area contributed by atoms with Gasteiger partial charge in [0.1, 0.15) is 0 Å². The van der Waals surface area contributed by atoms with Gasteiger partial charge >= 0.3 is 0 Å². The first kappa shape index (κ1) is 12.8. The summed E-state index contributed by atoms with van der Waals surface area (Å²) < 4.78 is 28.2. The number of benzene rings is 2. The normalized spacial score (nSPS) is 11.2. The highest BCUT2D eigenvalue weighted by Crippen LogP contribution is 2.21. The van der Waals surface area contributed by atoms with Crippen molar-refractivity contribution < 1.29 is 8.78 Å². The summed E-state index contributed by atoms with van der Waals surface area (Å²) in [6, 6.07) is 11.9. The molecule has 0 aliphatic carbocycles. The van der Waals surface area contributed by atoms with Crippen LogP contribution in [0.15, 0.2) is 48.7 Å². The summed E-state index contributed by atoms with van der Waals surface area (Å²) in [4.78, 5) is 0. The summed E-state index contributed by atoms with van der Waals surface area (Å²) in [6.45, 7) is 0.973. The lowest BCUT2D eigenvalue weighted by Crippen LogP contribution is -2.00. The predicted molar refractivity (Wildman–Crippen MR) is 75.3 cm³/mol. The Hall–Kier alpha value is -2.20. The molecule has 4 heteroatoms. The summed E-state index contributed by atoms with van der Waals surface area (Å²) >= 11 is 0. The molecule has 102 valence electrons. The van der Waals surface area contributed by atoms with Crippen molar-refractivity contribution in [2.75, 3.05) is 0 Å².